The third kappa shape index (κ3) is 4.98. The standard InChI is InChI=1S/C13H21ClF3N3/c1-4-6-18-9(8-13(15,16)17)7-11-12(14)10(5-2)19-20(11)3/h9,18H,4-8H2,1-3H3. The molecule has 1 aromatic rings. The first kappa shape index (κ1) is 17.3. The van der Waals surface area contributed by atoms with Crippen molar-refractivity contribution in [3.63, 3.8) is 0 Å². The van der Waals surface area contributed by atoms with Gasteiger partial charge >= 0.3 is 6.18 Å². The molecule has 0 bridgehead atoms. The van der Waals surface area contributed by atoms with Crippen molar-refractivity contribution in [2.24, 2.45) is 7.05 Å². The third-order valence-corrected chi connectivity index (χ3v) is 3.54. The van der Waals surface area contributed by atoms with E-state index in [9.17, 15) is 13.2 Å². The summed E-state index contributed by atoms with van der Waals surface area (Å²) in [5.41, 5.74) is 1.38. The van der Waals surface area contributed by atoms with Crippen LogP contribution in [-0.2, 0) is 19.9 Å². The first-order valence-corrected chi connectivity index (χ1v) is 7.16. The molecule has 7 heteroatoms. The summed E-state index contributed by atoms with van der Waals surface area (Å²) in [7, 11) is 1.71. The lowest BCUT2D eigenvalue weighted by atomic mass is 10.1. The second kappa shape index (κ2) is 7.31. The van der Waals surface area contributed by atoms with Crippen LogP contribution in [0.15, 0.2) is 0 Å². The molecule has 0 aliphatic carbocycles. The van der Waals surface area contributed by atoms with Crippen LogP contribution in [0, 0.1) is 0 Å². The number of halogens is 4. The van der Waals surface area contributed by atoms with Crippen LogP contribution < -0.4 is 5.32 Å². The van der Waals surface area contributed by atoms with Crippen LogP contribution in [0.2, 0.25) is 5.02 Å². The van der Waals surface area contributed by atoms with Gasteiger partial charge in [-0.1, -0.05) is 25.4 Å². The number of alkyl halides is 3. The van der Waals surface area contributed by atoms with Crippen molar-refractivity contribution in [2.75, 3.05) is 6.54 Å². The molecule has 0 fully saturated rings. The van der Waals surface area contributed by atoms with Crippen LogP contribution in [0.1, 0.15) is 38.1 Å². The van der Waals surface area contributed by atoms with Gasteiger partial charge in [0.15, 0.2) is 0 Å². The molecule has 3 nitrogen and oxygen atoms in total. The zero-order valence-electron chi connectivity index (χ0n) is 12.0. The van der Waals surface area contributed by atoms with Gasteiger partial charge in [0.25, 0.3) is 0 Å². The van der Waals surface area contributed by atoms with Crippen molar-refractivity contribution in [2.45, 2.75) is 51.7 Å². The minimum Gasteiger partial charge on any atom is -0.313 e. The Bertz CT molecular complexity index is 429. The van der Waals surface area contributed by atoms with Crippen LogP contribution >= 0.6 is 11.6 Å². The van der Waals surface area contributed by atoms with Gasteiger partial charge in [0.05, 0.1) is 22.8 Å². The summed E-state index contributed by atoms with van der Waals surface area (Å²) in [6, 6.07) is -0.674. The Labute approximate surface area is 122 Å². The van der Waals surface area contributed by atoms with Gasteiger partial charge in [-0.05, 0) is 19.4 Å². The molecule has 0 aliphatic heterocycles. The minimum absolute atomic E-state index is 0.224. The number of rotatable bonds is 7. The predicted octanol–water partition coefficient (Wildman–Crippen LogP) is 3.50. The van der Waals surface area contributed by atoms with Gasteiger partial charge in [-0.15, -0.1) is 0 Å². The van der Waals surface area contributed by atoms with Crippen LogP contribution in [0.3, 0.4) is 0 Å². The maximum Gasteiger partial charge on any atom is 0.390 e. The fourth-order valence-electron chi connectivity index (χ4n) is 2.12. The Balaban J connectivity index is 2.86. The number of hydrogen-bond donors (Lipinski definition) is 1. The maximum absolute atomic E-state index is 12.6. The van der Waals surface area contributed by atoms with E-state index >= 15 is 0 Å². The van der Waals surface area contributed by atoms with E-state index in [1.165, 1.54) is 0 Å². The largest absolute Gasteiger partial charge is 0.390 e. The summed E-state index contributed by atoms with van der Waals surface area (Å²) in [5.74, 6) is 0. The van der Waals surface area contributed by atoms with E-state index in [1.54, 1.807) is 11.7 Å². The molecule has 0 aliphatic rings. The van der Waals surface area contributed by atoms with Gasteiger partial charge in [0.2, 0.25) is 0 Å². The molecule has 1 atom stereocenters. The van der Waals surface area contributed by atoms with Crippen molar-refractivity contribution in [3.8, 4) is 0 Å². The molecule has 20 heavy (non-hydrogen) atoms. The minimum atomic E-state index is -4.19. The summed E-state index contributed by atoms with van der Waals surface area (Å²) in [5, 5.41) is 7.66. The number of hydrogen-bond acceptors (Lipinski definition) is 2. The highest BCUT2D eigenvalue weighted by Gasteiger charge is 2.32. The summed E-state index contributed by atoms with van der Waals surface area (Å²) >= 11 is 6.19. The first-order chi connectivity index (χ1) is 9.28. The molecule has 1 aromatic heterocycles. The van der Waals surface area contributed by atoms with Crippen molar-refractivity contribution in [1.82, 2.24) is 15.1 Å². The molecule has 1 unspecified atom stereocenters. The Morgan fingerprint density at radius 2 is 2.00 bits per heavy atom. The lowest BCUT2D eigenvalue weighted by Crippen LogP contribution is -2.36. The fraction of sp³-hybridized carbons (Fsp3) is 0.769. The summed E-state index contributed by atoms with van der Waals surface area (Å²) in [6.07, 6.45) is -3.38. The van der Waals surface area contributed by atoms with Crippen LogP contribution in [0.4, 0.5) is 13.2 Å². The average molecular weight is 312 g/mol. The molecular weight excluding hydrogens is 291 g/mol. The van der Waals surface area contributed by atoms with Gasteiger partial charge < -0.3 is 5.32 Å². The summed E-state index contributed by atoms with van der Waals surface area (Å²) in [6.45, 7) is 4.39. The first-order valence-electron chi connectivity index (χ1n) is 6.78. The summed E-state index contributed by atoms with van der Waals surface area (Å²) in [4.78, 5) is 0. The quantitative estimate of drug-likeness (QED) is 0.835. The maximum atomic E-state index is 12.6. The molecule has 0 amide bonds. The smallest absolute Gasteiger partial charge is 0.313 e. The summed E-state index contributed by atoms with van der Waals surface area (Å²) < 4.78 is 39.4. The zero-order chi connectivity index (χ0) is 15.3. The second-order valence-corrected chi connectivity index (χ2v) is 5.24. The van der Waals surface area contributed by atoms with Crippen LogP contribution in [-0.4, -0.2) is 28.5 Å². The lowest BCUT2D eigenvalue weighted by Gasteiger charge is -2.20. The highest BCUT2D eigenvalue weighted by Crippen LogP contribution is 2.26. The molecular formula is C13H21ClF3N3. The van der Waals surface area contributed by atoms with Crippen molar-refractivity contribution < 1.29 is 13.2 Å². The third-order valence-electron chi connectivity index (χ3n) is 3.10. The van der Waals surface area contributed by atoms with Gasteiger partial charge in [-0.25, -0.2) is 0 Å². The number of nitrogens with zero attached hydrogens (tertiary/aromatic N) is 2. The van der Waals surface area contributed by atoms with E-state index in [0.29, 0.717) is 23.7 Å². The van der Waals surface area contributed by atoms with E-state index in [-0.39, 0.29) is 6.42 Å². The van der Waals surface area contributed by atoms with Crippen molar-refractivity contribution in [1.29, 1.82) is 0 Å². The lowest BCUT2D eigenvalue weighted by molar-refractivity contribution is -0.140. The van der Waals surface area contributed by atoms with E-state index in [4.69, 9.17) is 11.6 Å². The Hall–Kier alpha value is -0.750. The monoisotopic (exact) mass is 311 g/mol. The molecule has 0 spiro atoms. The van der Waals surface area contributed by atoms with E-state index < -0.39 is 18.6 Å². The van der Waals surface area contributed by atoms with Crippen LogP contribution in [0.25, 0.3) is 0 Å². The van der Waals surface area contributed by atoms with Gasteiger partial charge in [-0.2, -0.15) is 18.3 Å². The fourth-order valence-corrected chi connectivity index (χ4v) is 2.49. The molecule has 0 aromatic carbocycles. The Kier molecular flexibility index (Phi) is 6.33. The van der Waals surface area contributed by atoms with Gasteiger partial charge in [0, 0.05) is 19.5 Å². The molecule has 0 saturated carbocycles. The second-order valence-electron chi connectivity index (χ2n) is 4.86. The van der Waals surface area contributed by atoms with Gasteiger partial charge in [-0.3, -0.25) is 4.68 Å². The van der Waals surface area contributed by atoms with E-state index in [2.05, 4.69) is 10.4 Å². The number of nitrogens with one attached hydrogen (secondary N) is 1. The van der Waals surface area contributed by atoms with Crippen LogP contribution in [0.5, 0.6) is 0 Å². The molecule has 0 radical (unpaired) electrons. The zero-order valence-corrected chi connectivity index (χ0v) is 12.8. The highest BCUT2D eigenvalue weighted by molar-refractivity contribution is 6.31. The number of aromatic nitrogens is 2. The molecule has 1 N–H and O–H groups in total. The van der Waals surface area contributed by atoms with E-state index in [0.717, 1.165) is 12.1 Å². The highest BCUT2D eigenvalue weighted by atomic mass is 35.5. The molecule has 1 heterocycles. The Morgan fingerprint density at radius 3 is 2.45 bits per heavy atom. The predicted molar refractivity (Wildman–Crippen MR) is 74.1 cm³/mol. The molecule has 0 saturated heterocycles. The number of aryl methyl sites for hydroxylation is 2. The molecule has 1 rings (SSSR count). The Morgan fingerprint density at radius 1 is 1.35 bits per heavy atom. The normalized spacial score (nSPS) is 13.8. The van der Waals surface area contributed by atoms with Gasteiger partial charge in [0.1, 0.15) is 0 Å². The topological polar surface area (TPSA) is 29.9 Å². The van der Waals surface area contributed by atoms with Crippen molar-refractivity contribution >= 4 is 11.6 Å². The van der Waals surface area contributed by atoms with Crippen molar-refractivity contribution in [3.05, 3.63) is 16.4 Å². The van der Waals surface area contributed by atoms with E-state index in [1.807, 2.05) is 13.8 Å². The SMILES string of the molecule is CCCNC(Cc1c(Cl)c(CC)nn1C)CC(F)(F)F. The average Bonchev–Trinajstić information content (AvgIpc) is 2.61. The molecule has 116 valence electrons.